The summed E-state index contributed by atoms with van der Waals surface area (Å²) in [6.45, 7) is 0.641. The van der Waals surface area contributed by atoms with Crippen molar-refractivity contribution >= 4 is 44.6 Å². The SMILES string of the molecule is c1ccc(-c2cccc(-c3ccccc3)c2N2CN(c3cccc(Oc4ccc5c6ccccc6n(-c6ccccn6)c5c4)c3)c3ccccc32)cc1. The van der Waals surface area contributed by atoms with Crippen LogP contribution in [0.1, 0.15) is 0 Å². The molecule has 0 aliphatic carbocycles. The molecular formula is C48H34N4O. The monoisotopic (exact) mass is 682 g/mol. The molecule has 10 rings (SSSR count). The van der Waals surface area contributed by atoms with Crippen LogP contribution < -0.4 is 14.5 Å². The van der Waals surface area contributed by atoms with Crippen molar-refractivity contribution in [3.63, 3.8) is 0 Å². The first-order chi connectivity index (χ1) is 26.3. The largest absolute Gasteiger partial charge is 0.457 e. The van der Waals surface area contributed by atoms with E-state index in [4.69, 9.17) is 9.72 Å². The molecule has 2 aromatic heterocycles. The Bertz CT molecular complexity index is 2680. The second kappa shape index (κ2) is 12.9. The maximum atomic E-state index is 6.65. The summed E-state index contributed by atoms with van der Waals surface area (Å²) in [5.41, 5.74) is 11.5. The standard InChI is InChI=1S/C48H34N4O/c1-3-15-34(16-4-1)39-22-14-23-40(35-17-5-2-6-18-35)48(39)51-33-50(44-25-9-10-26-45(44)51)36-19-13-20-37(31-36)53-38-28-29-42-41-21-7-8-24-43(41)52(46(42)32-38)47-27-11-12-30-49-47/h1-32H,33H2. The summed E-state index contributed by atoms with van der Waals surface area (Å²) in [6.07, 6.45) is 1.84. The number of aromatic nitrogens is 2. The summed E-state index contributed by atoms with van der Waals surface area (Å²) in [5, 5.41) is 2.34. The minimum atomic E-state index is 0.641. The molecule has 0 amide bonds. The molecule has 3 heterocycles. The third-order valence-corrected chi connectivity index (χ3v) is 10.1. The van der Waals surface area contributed by atoms with Crippen LogP contribution in [0.2, 0.25) is 0 Å². The fourth-order valence-corrected chi connectivity index (χ4v) is 7.76. The van der Waals surface area contributed by atoms with Crippen molar-refractivity contribution in [2.75, 3.05) is 16.5 Å². The molecule has 5 heteroatoms. The van der Waals surface area contributed by atoms with Crippen LogP contribution in [0.15, 0.2) is 194 Å². The predicted molar refractivity (Wildman–Crippen MR) is 218 cm³/mol. The van der Waals surface area contributed by atoms with Gasteiger partial charge in [-0.15, -0.1) is 0 Å². The first kappa shape index (κ1) is 30.7. The average molecular weight is 683 g/mol. The number of pyridine rings is 1. The summed E-state index contributed by atoms with van der Waals surface area (Å²) < 4.78 is 8.86. The van der Waals surface area contributed by atoms with Crippen molar-refractivity contribution < 1.29 is 4.74 Å². The zero-order valence-electron chi connectivity index (χ0n) is 28.9. The van der Waals surface area contributed by atoms with Crippen LogP contribution in [-0.2, 0) is 0 Å². The molecule has 0 atom stereocenters. The van der Waals surface area contributed by atoms with Gasteiger partial charge < -0.3 is 14.5 Å². The first-order valence-electron chi connectivity index (χ1n) is 17.9. The molecule has 0 radical (unpaired) electrons. The fraction of sp³-hybridized carbons (Fsp3) is 0.0208. The number of rotatable bonds is 7. The Labute approximate surface area is 308 Å². The number of hydrogen-bond donors (Lipinski definition) is 0. The van der Waals surface area contributed by atoms with Crippen molar-refractivity contribution in [3.05, 3.63) is 194 Å². The molecule has 0 bridgehead atoms. The number of hydrogen-bond acceptors (Lipinski definition) is 4. The quantitative estimate of drug-likeness (QED) is 0.168. The zero-order chi connectivity index (χ0) is 35.1. The Kier molecular flexibility index (Phi) is 7.47. The molecule has 53 heavy (non-hydrogen) atoms. The molecule has 0 spiro atoms. The van der Waals surface area contributed by atoms with Crippen LogP contribution in [0.4, 0.5) is 22.7 Å². The average Bonchev–Trinajstić information content (AvgIpc) is 3.78. The van der Waals surface area contributed by atoms with Crippen LogP contribution in [-0.4, -0.2) is 16.2 Å². The lowest BCUT2D eigenvalue weighted by molar-refractivity contribution is 0.483. The van der Waals surface area contributed by atoms with E-state index in [0.29, 0.717) is 6.67 Å². The van der Waals surface area contributed by atoms with Crippen LogP contribution in [0.3, 0.4) is 0 Å². The third-order valence-electron chi connectivity index (χ3n) is 10.1. The van der Waals surface area contributed by atoms with E-state index in [1.54, 1.807) is 0 Å². The second-order valence-electron chi connectivity index (χ2n) is 13.2. The summed E-state index contributed by atoms with van der Waals surface area (Å²) >= 11 is 0. The topological polar surface area (TPSA) is 33.5 Å². The number of benzene rings is 7. The Hall–Kier alpha value is -7.11. The van der Waals surface area contributed by atoms with Crippen molar-refractivity contribution in [1.29, 1.82) is 0 Å². The van der Waals surface area contributed by atoms with Gasteiger partial charge in [-0.3, -0.25) is 4.57 Å². The minimum Gasteiger partial charge on any atom is -0.457 e. The third kappa shape index (κ3) is 5.38. The highest BCUT2D eigenvalue weighted by Gasteiger charge is 2.31. The van der Waals surface area contributed by atoms with Gasteiger partial charge in [-0.2, -0.15) is 0 Å². The summed E-state index contributed by atoms with van der Waals surface area (Å²) in [6, 6.07) is 65.9. The van der Waals surface area contributed by atoms with Crippen molar-refractivity contribution in [2.24, 2.45) is 0 Å². The smallest absolute Gasteiger partial charge is 0.137 e. The highest BCUT2D eigenvalue weighted by molar-refractivity contribution is 6.09. The van der Waals surface area contributed by atoms with Crippen molar-refractivity contribution in [3.8, 4) is 39.6 Å². The lowest BCUT2D eigenvalue weighted by atomic mass is 9.95. The summed E-state index contributed by atoms with van der Waals surface area (Å²) in [4.78, 5) is 9.53. The van der Waals surface area contributed by atoms with Crippen LogP contribution >= 0.6 is 0 Å². The van der Waals surface area contributed by atoms with Gasteiger partial charge in [-0.25, -0.2) is 4.98 Å². The summed E-state index contributed by atoms with van der Waals surface area (Å²) in [5.74, 6) is 2.41. The number of fused-ring (bicyclic) bond motifs is 4. The number of nitrogens with zero attached hydrogens (tertiary/aromatic N) is 4. The lowest BCUT2D eigenvalue weighted by Gasteiger charge is -2.27. The van der Waals surface area contributed by atoms with Crippen LogP contribution in [0.5, 0.6) is 11.5 Å². The van der Waals surface area contributed by atoms with Gasteiger partial charge in [-0.05, 0) is 65.7 Å². The molecule has 0 saturated heterocycles. The minimum absolute atomic E-state index is 0.641. The van der Waals surface area contributed by atoms with E-state index in [9.17, 15) is 0 Å². The Morgan fingerprint density at radius 2 is 1.08 bits per heavy atom. The van der Waals surface area contributed by atoms with Gasteiger partial charge in [-0.1, -0.05) is 121 Å². The van der Waals surface area contributed by atoms with Gasteiger partial charge in [0.05, 0.1) is 28.1 Å². The molecule has 5 nitrogen and oxygen atoms in total. The highest BCUT2D eigenvalue weighted by atomic mass is 16.5. The van der Waals surface area contributed by atoms with E-state index >= 15 is 0 Å². The van der Waals surface area contributed by atoms with Gasteiger partial charge in [0, 0.05) is 45.9 Å². The molecule has 0 unspecified atom stereocenters. The van der Waals surface area contributed by atoms with Gasteiger partial charge in [0.25, 0.3) is 0 Å². The van der Waals surface area contributed by atoms with E-state index < -0.39 is 0 Å². The molecule has 7 aromatic carbocycles. The van der Waals surface area contributed by atoms with Gasteiger partial charge in [0.2, 0.25) is 0 Å². The van der Waals surface area contributed by atoms with Gasteiger partial charge in [0.15, 0.2) is 0 Å². The Balaban J connectivity index is 1.04. The van der Waals surface area contributed by atoms with E-state index in [1.807, 2.05) is 30.5 Å². The van der Waals surface area contributed by atoms with Gasteiger partial charge >= 0.3 is 0 Å². The molecule has 9 aromatic rings. The maximum absolute atomic E-state index is 6.65. The number of para-hydroxylation sites is 4. The maximum Gasteiger partial charge on any atom is 0.137 e. The Morgan fingerprint density at radius 1 is 0.453 bits per heavy atom. The highest BCUT2D eigenvalue weighted by Crippen LogP contribution is 2.50. The molecule has 1 aliphatic rings. The fourth-order valence-electron chi connectivity index (χ4n) is 7.76. The van der Waals surface area contributed by atoms with Crippen LogP contribution in [0, 0.1) is 0 Å². The molecule has 0 fully saturated rings. The van der Waals surface area contributed by atoms with E-state index in [-0.39, 0.29) is 0 Å². The molecular weight excluding hydrogens is 649 g/mol. The molecule has 0 saturated carbocycles. The first-order valence-corrected chi connectivity index (χ1v) is 17.9. The molecule has 252 valence electrons. The Morgan fingerprint density at radius 3 is 1.81 bits per heavy atom. The van der Waals surface area contributed by atoms with Gasteiger partial charge in [0.1, 0.15) is 24.0 Å². The van der Waals surface area contributed by atoms with Crippen molar-refractivity contribution in [2.45, 2.75) is 0 Å². The summed E-state index contributed by atoms with van der Waals surface area (Å²) in [7, 11) is 0. The lowest BCUT2D eigenvalue weighted by Crippen LogP contribution is -2.24. The normalized spacial score (nSPS) is 12.4. The zero-order valence-corrected chi connectivity index (χ0v) is 28.9. The predicted octanol–water partition coefficient (Wildman–Crippen LogP) is 12.6. The van der Waals surface area contributed by atoms with E-state index in [2.05, 4.69) is 178 Å². The molecule has 1 aliphatic heterocycles. The van der Waals surface area contributed by atoms with Crippen molar-refractivity contribution in [1.82, 2.24) is 9.55 Å². The number of anilines is 4. The second-order valence-corrected chi connectivity index (χ2v) is 13.2. The van der Waals surface area contributed by atoms with E-state index in [1.165, 1.54) is 33.3 Å². The molecule has 0 N–H and O–H groups in total. The number of ether oxygens (including phenoxy) is 1. The van der Waals surface area contributed by atoms with Crippen LogP contribution in [0.25, 0.3) is 49.9 Å². The van der Waals surface area contributed by atoms with E-state index in [0.717, 1.165) is 50.8 Å².